The van der Waals surface area contributed by atoms with Crippen LogP contribution in [0.4, 0.5) is 0 Å². The lowest BCUT2D eigenvalue weighted by molar-refractivity contribution is 1.11. The molecule has 1 heterocycles. The van der Waals surface area contributed by atoms with E-state index in [2.05, 4.69) is 67.8 Å². The summed E-state index contributed by atoms with van der Waals surface area (Å²) in [5, 5.41) is 3.58. The van der Waals surface area contributed by atoms with Gasteiger partial charge in [-0.2, -0.15) is 4.37 Å². The topological polar surface area (TPSA) is 25.8 Å². The molecule has 84 valence electrons. The summed E-state index contributed by atoms with van der Waals surface area (Å²) in [4.78, 5) is 4.31. The van der Waals surface area contributed by atoms with Crippen LogP contribution in [0.3, 0.4) is 0 Å². The molecule has 0 unspecified atom stereocenters. The zero-order valence-electron chi connectivity index (χ0n) is 8.93. The fraction of sp³-hybridized carbons (Fsp3) is 0.0769. The van der Waals surface area contributed by atoms with Gasteiger partial charge in [-0.1, -0.05) is 42.5 Å². The molecule has 0 saturated heterocycles. The van der Waals surface area contributed by atoms with Crippen molar-refractivity contribution in [3.8, 4) is 0 Å². The standard InChI is InChI=1S/C13H9BrN2S/c14-13-15-12(17-16-13)8-9-5-6-10-3-1-2-4-11(10)7-9/h1-7H,8H2. The van der Waals surface area contributed by atoms with Gasteiger partial charge in [0.15, 0.2) is 0 Å². The summed E-state index contributed by atoms with van der Waals surface area (Å²) < 4.78 is 4.80. The van der Waals surface area contributed by atoms with Crippen molar-refractivity contribution in [1.82, 2.24) is 9.36 Å². The summed E-state index contributed by atoms with van der Waals surface area (Å²) in [5.74, 6) is 0. The molecule has 2 nitrogen and oxygen atoms in total. The van der Waals surface area contributed by atoms with Crippen LogP contribution in [0.2, 0.25) is 0 Å². The van der Waals surface area contributed by atoms with Crippen molar-refractivity contribution in [3.63, 3.8) is 0 Å². The van der Waals surface area contributed by atoms with E-state index >= 15 is 0 Å². The monoisotopic (exact) mass is 304 g/mol. The van der Waals surface area contributed by atoms with E-state index in [0.29, 0.717) is 4.73 Å². The first-order valence-electron chi connectivity index (χ1n) is 5.27. The minimum atomic E-state index is 0.679. The Morgan fingerprint density at radius 2 is 1.88 bits per heavy atom. The summed E-state index contributed by atoms with van der Waals surface area (Å²) >= 11 is 4.72. The van der Waals surface area contributed by atoms with Crippen LogP contribution in [0, 0.1) is 0 Å². The van der Waals surface area contributed by atoms with Gasteiger partial charge in [-0.05, 0) is 43.8 Å². The van der Waals surface area contributed by atoms with Crippen molar-refractivity contribution in [2.75, 3.05) is 0 Å². The number of fused-ring (bicyclic) bond motifs is 1. The molecule has 0 atom stereocenters. The fourth-order valence-corrected chi connectivity index (χ4v) is 2.96. The van der Waals surface area contributed by atoms with Crippen LogP contribution in [-0.2, 0) is 6.42 Å². The smallest absolute Gasteiger partial charge is 0.209 e. The molecule has 0 aliphatic rings. The molecule has 1 aromatic heterocycles. The average molecular weight is 305 g/mol. The Morgan fingerprint density at radius 1 is 1.06 bits per heavy atom. The van der Waals surface area contributed by atoms with Crippen molar-refractivity contribution in [3.05, 3.63) is 57.8 Å². The maximum Gasteiger partial charge on any atom is 0.209 e. The third-order valence-electron chi connectivity index (χ3n) is 2.61. The summed E-state index contributed by atoms with van der Waals surface area (Å²) in [6.45, 7) is 0. The summed E-state index contributed by atoms with van der Waals surface area (Å²) in [5.41, 5.74) is 1.27. The summed E-state index contributed by atoms with van der Waals surface area (Å²) in [6.07, 6.45) is 0.841. The van der Waals surface area contributed by atoms with E-state index < -0.39 is 0 Å². The second-order valence-corrected chi connectivity index (χ2v) is 5.36. The van der Waals surface area contributed by atoms with Gasteiger partial charge < -0.3 is 0 Å². The van der Waals surface area contributed by atoms with Crippen molar-refractivity contribution in [1.29, 1.82) is 0 Å². The Labute approximate surface area is 112 Å². The van der Waals surface area contributed by atoms with Crippen molar-refractivity contribution in [2.24, 2.45) is 0 Å². The number of nitrogens with zero attached hydrogens (tertiary/aromatic N) is 2. The molecule has 0 radical (unpaired) electrons. The highest BCUT2D eigenvalue weighted by molar-refractivity contribution is 9.10. The maximum atomic E-state index is 4.31. The van der Waals surface area contributed by atoms with Gasteiger partial charge in [-0.25, -0.2) is 4.98 Å². The van der Waals surface area contributed by atoms with Crippen LogP contribution in [0.5, 0.6) is 0 Å². The van der Waals surface area contributed by atoms with Gasteiger partial charge in [-0.3, -0.25) is 0 Å². The Balaban J connectivity index is 1.95. The maximum absolute atomic E-state index is 4.31. The predicted octanol–water partition coefficient (Wildman–Crippen LogP) is 4.04. The molecule has 2 aromatic carbocycles. The number of aromatic nitrogens is 2. The zero-order chi connectivity index (χ0) is 11.7. The molecule has 3 rings (SSSR count). The number of benzene rings is 2. The molecule has 3 aromatic rings. The highest BCUT2D eigenvalue weighted by Crippen LogP contribution is 2.19. The molecule has 0 spiro atoms. The zero-order valence-corrected chi connectivity index (χ0v) is 11.3. The first-order valence-corrected chi connectivity index (χ1v) is 6.84. The Bertz CT molecular complexity index is 663. The van der Waals surface area contributed by atoms with Gasteiger partial charge in [0.2, 0.25) is 4.73 Å². The minimum Gasteiger partial charge on any atom is -0.214 e. The van der Waals surface area contributed by atoms with Gasteiger partial charge in [-0.15, -0.1) is 0 Å². The highest BCUT2D eigenvalue weighted by atomic mass is 79.9. The highest BCUT2D eigenvalue weighted by Gasteiger charge is 2.03. The number of hydrogen-bond donors (Lipinski definition) is 0. The van der Waals surface area contributed by atoms with E-state index in [1.54, 1.807) is 0 Å². The molecule has 0 aliphatic carbocycles. The van der Waals surface area contributed by atoms with E-state index in [4.69, 9.17) is 0 Å². The number of hydrogen-bond acceptors (Lipinski definition) is 3. The molecular weight excluding hydrogens is 296 g/mol. The molecule has 0 amide bonds. The normalized spacial score (nSPS) is 10.9. The predicted molar refractivity (Wildman–Crippen MR) is 74.4 cm³/mol. The molecule has 0 aliphatic heterocycles. The Morgan fingerprint density at radius 3 is 2.65 bits per heavy atom. The van der Waals surface area contributed by atoms with Gasteiger partial charge in [0.05, 0.1) is 0 Å². The number of halogens is 1. The van der Waals surface area contributed by atoms with E-state index in [1.807, 2.05) is 0 Å². The van der Waals surface area contributed by atoms with Crippen LogP contribution >= 0.6 is 27.5 Å². The van der Waals surface area contributed by atoms with E-state index in [9.17, 15) is 0 Å². The van der Waals surface area contributed by atoms with Crippen LogP contribution < -0.4 is 0 Å². The quantitative estimate of drug-likeness (QED) is 0.714. The molecule has 0 fully saturated rings. The lowest BCUT2D eigenvalue weighted by atomic mass is 10.1. The first-order chi connectivity index (χ1) is 8.31. The van der Waals surface area contributed by atoms with E-state index in [-0.39, 0.29) is 0 Å². The largest absolute Gasteiger partial charge is 0.214 e. The second kappa shape index (κ2) is 4.55. The summed E-state index contributed by atoms with van der Waals surface area (Å²) in [7, 11) is 0. The van der Waals surface area contributed by atoms with Crippen molar-refractivity contribution < 1.29 is 0 Å². The summed E-state index contributed by atoms with van der Waals surface area (Å²) in [6, 6.07) is 14.9. The molecule has 0 saturated carbocycles. The third kappa shape index (κ3) is 2.37. The lowest BCUT2D eigenvalue weighted by Crippen LogP contribution is -1.87. The lowest BCUT2D eigenvalue weighted by Gasteiger charge is -2.01. The molecule has 0 bridgehead atoms. The Kier molecular flexibility index (Phi) is 2.91. The first kappa shape index (κ1) is 10.9. The van der Waals surface area contributed by atoms with Gasteiger partial charge in [0, 0.05) is 6.42 Å². The molecule has 0 N–H and O–H groups in total. The van der Waals surface area contributed by atoms with Gasteiger partial charge in [0.25, 0.3) is 0 Å². The van der Waals surface area contributed by atoms with Gasteiger partial charge >= 0.3 is 0 Å². The van der Waals surface area contributed by atoms with Crippen molar-refractivity contribution in [2.45, 2.75) is 6.42 Å². The third-order valence-corrected chi connectivity index (χ3v) is 3.91. The Hall–Kier alpha value is -1.26. The SMILES string of the molecule is Brc1nsc(Cc2ccc3ccccc3c2)n1. The van der Waals surface area contributed by atoms with Crippen LogP contribution in [0.25, 0.3) is 10.8 Å². The molecular formula is C13H9BrN2S. The average Bonchev–Trinajstić information content (AvgIpc) is 2.75. The van der Waals surface area contributed by atoms with Gasteiger partial charge in [0.1, 0.15) is 5.01 Å². The van der Waals surface area contributed by atoms with Crippen molar-refractivity contribution >= 4 is 38.2 Å². The van der Waals surface area contributed by atoms with Crippen LogP contribution in [0.15, 0.2) is 47.2 Å². The number of rotatable bonds is 2. The van der Waals surface area contributed by atoms with Crippen LogP contribution in [-0.4, -0.2) is 9.36 Å². The molecule has 17 heavy (non-hydrogen) atoms. The second-order valence-electron chi connectivity index (χ2n) is 3.82. The van der Waals surface area contributed by atoms with E-state index in [0.717, 1.165) is 11.4 Å². The fourth-order valence-electron chi connectivity index (χ4n) is 1.83. The van der Waals surface area contributed by atoms with E-state index in [1.165, 1.54) is 27.9 Å². The van der Waals surface area contributed by atoms with Crippen LogP contribution in [0.1, 0.15) is 10.6 Å². The molecule has 4 heteroatoms. The minimum absolute atomic E-state index is 0.679.